The molecule has 8 aromatic rings. The Morgan fingerprint density at radius 1 is 0.536 bits per heavy atom. The zero-order valence-corrected chi connectivity index (χ0v) is 35.7. The van der Waals surface area contributed by atoms with E-state index < -0.39 is 7.12 Å². The van der Waals surface area contributed by atoms with Crippen LogP contribution in [0.5, 0.6) is 0 Å². The molecule has 4 atom stereocenters. The number of hydrogen-bond acceptors (Lipinski definition) is 1. The summed E-state index contributed by atoms with van der Waals surface area (Å²) in [5.41, 5.74) is 12.3. The molecule has 0 amide bonds. The molecular formula is C53H52P2S. The largest absolute Gasteiger partial charge is 0.133 e. The summed E-state index contributed by atoms with van der Waals surface area (Å²) >= 11 is 2.28. The molecule has 56 heavy (non-hydrogen) atoms. The van der Waals surface area contributed by atoms with Gasteiger partial charge in [0.15, 0.2) is 0 Å². The fourth-order valence-electron chi connectivity index (χ4n) is 9.38. The summed E-state index contributed by atoms with van der Waals surface area (Å²) in [6, 6.07) is 56.1. The quantitative estimate of drug-likeness (QED) is 0.0879. The average Bonchev–Trinajstić information content (AvgIpc) is 3.39. The van der Waals surface area contributed by atoms with Crippen LogP contribution in [0.4, 0.5) is 0 Å². The Kier molecular flexibility index (Phi) is 11.3. The van der Waals surface area contributed by atoms with E-state index in [2.05, 4.69) is 180 Å². The molecule has 280 valence electrons. The first-order valence-electron chi connectivity index (χ1n) is 20.9. The lowest BCUT2D eigenvalue weighted by molar-refractivity contribution is 0.667. The molecule has 0 aliphatic carbocycles. The van der Waals surface area contributed by atoms with Crippen LogP contribution >= 0.6 is 27.7 Å². The van der Waals surface area contributed by atoms with Crippen LogP contribution in [0, 0.1) is 0 Å². The minimum atomic E-state index is -0.505. The van der Waals surface area contributed by atoms with Crippen LogP contribution in [0.15, 0.2) is 146 Å². The molecule has 9 rings (SSSR count). The lowest BCUT2D eigenvalue weighted by Gasteiger charge is -2.34. The SMILES string of the molecule is CCCCCCc1ccc2ccccc2c1-c1c([C@@H](P)C2c3ccc4ccccc4c3-c3c(ccc4ccccc34)CP2SCCCC)ccc2ccccc12. The molecule has 3 unspecified atom stereocenters. The van der Waals surface area contributed by atoms with E-state index in [4.69, 9.17) is 0 Å². The first-order chi connectivity index (χ1) is 27.7. The minimum Gasteiger partial charge on any atom is -0.133 e. The van der Waals surface area contributed by atoms with Crippen LogP contribution in [0.3, 0.4) is 0 Å². The fourth-order valence-corrected chi connectivity index (χ4v) is 16.6. The van der Waals surface area contributed by atoms with Gasteiger partial charge in [-0.15, -0.1) is 20.6 Å². The molecule has 0 fully saturated rings. The van der Waals surface area contributed by atoms with Gasteiger partial charge in [0.25, 0.3) is 0 Å². The maximum absolute atomic E-state index is 3.51. The van der Waals surface area contributed by atoms with Gasteiger partial charge >= 0.3 is 0 Å². The number of hydrogen-bond donors (Lipinski definition) is 0. The number of rotatable bonds is 12. The third-order valence-electron chi connectivity index (χ3n) is 12.2. The van der Waals surface area contributed by atoms with Crippen molar-refractivity contribution in [2.45, 2.75) is 76.3 Å². The molecule has 0 bridgehead atoms. The molecule has 1 aliphatic rings. The highest BCUT2D eigenvalue weighted by atomic mass is 32.7. The van der Waals surface area contributed by atoms with Crippen LogP contribution in [0.2, 0.25) is 0 Å². The van der Waals surface area contributed by atoms with Crippen LogP contribution in [-0.4, -0.2) is 5.75 Å². The normalized spacial score (nSPS) is 15.9. The molecule has 8 aromatic carbocycles. The predicted octanol–water partition coefficient (Wildman–Crippen LogP) is 16.9. The molecule has 0 saturated heterocycles. The summed E-state index contributed by atoms with van der Waals surface area (Å²) in [5, 5.41) is 10.8. The van der Waals surface area contributed by atoms with E-state index in [9.17, 15) is 0 Å². The van der Waals surface area contributed by atoms with Crippen LogP contribution < -0.4 is 0 Å². The first kappa shape index (κ1) is 37.6. The van der Waals surface area contributed by atoms with E-state index in [1.54, 1.807) is 0 Å². The summed E-state index contributed by atoms with van der Waals surface area (Å²) in [7, 11) is 3.00. The maximum atomic E-state index is 3.51. The van der Waals surface area contributed by atoms with E-state index in [1.165, 1.54) is 132 Å². The fraction of sp³-hybridized carbons (Fsp3) is 0.245. The van der Waals surface area contributed by atoms with Gasteiger partial charge in [0, 0.05) is 17.5 Å². The van der Waals surface area contributed by atoms with Crippen molar-refractivity contribution in [3.05, 3.63) is 168 Å². The van der Waals surface area contributed by atoms with E-state index in [-0.39, 0.29) is 5.66 Å². The van der Waals surface area contributed by atoms with Crippen molar-refractivity contribution < 1.29 is 0 Å². The van der Waals surface area contributed by atoms with Crippen LogP contribution in [0.25, 0.3) is 65.3 Å². The van der Waals surface area contributed by atoms with Crippen LogP contribution in [-0.2, 0) is 12.6 Å². The Bertz CT molecular complexity index is 2680. The summed E-state index contributed by atoms with van der Waals surface area (Å²) < 4.78 is 0. The summed E-state index contributed by atoms with van der Waals surface area (Å²) in [6.45, 7) is 4.65. The van der Waals surface area contributed by atoms with Crippen molar-refractivity contribution in [2.24, 2.45) is 0 Å². The molecule has 0 saturated carbocycles. The minimum absolute atomic E-state index is 0.210. The maximum Gasteiger partial charge on any atom is 0.0247 e. The molecule has 0 aromatic heterocycles. The topological polar surface area (TPSA) is 0 Å². The molecular weight excluding hydrogens is 731 g/mol. The van der Waals surface area contributed by atoms with Gasteiger partial charge in [-0.25, -0.2) is 0 Å². The molecule has 3 heteroatoms. The van der Waals surface area contributed by atoms with Crippen molar-refractivity contribution >= 4 is 70.8 Å². The van der Waals surface area contributed by atoms with Gasteiger partial charge in [0.1, 0.15) is 0 Å². The highest BCUT2D eigenvalue weighted by Gasteiger charge is 2.37. The van der Waals surface area contributed by atoms with Gasteiger partial charge in [-0.05, 0) is 120 Å². The van der Waals surface area contributed by atoms with E-state index in [0.29, 0.717) is 5.66 Å². The zero-order chi connectivity index (χ0) is 38.0. The van der Waals surface area contributed by atoms with Gasteiger partial charge in [0.05, 0.1) is 0 Å². The standard InChI is InChI=1S/C53H52P2S/c1-3-5-7-8-21-40-28-26-36-17-9-13-22-42(36)48(40)50-44-24-15-11-19-38(44)30-32-46(50)52(54)53-47-33-31-39-20-12-16-25-45(39)51(47)49-41(35-55(53)56-34-6-4-2)29-27-37-18-10-14-23-43(37)49/h9-20,22-33,52-53H,3-8,21,34-35,54H2,1-2H3/t52-,53?,55?/m1/s1. The van der Waals surface area contributed by atoms with E-state index >= 15 is 0 Å². The summed E-state index contributed by atoms with van der Waals surface area (Å²) in [6.07, 6.45) is 9.74. The Labute approximate surface area is 341 Å². The van der Waals surface area contributed by atoms with E-state index in [1.807, 2.05) is 0 Å². The third kappa shape index (κ3) is 7.00. The Hall–Kier alpha value is -3.99. The highest BCUT2D eigenvalue weighted by molar-refractivity contribution is 8.55. The lowest BCUT2D eigenvalue weighted by atomic mass is 9.82. The molecule has 1 heterocycles. The molecule has 0 spiro atoms. The number of aryl methyl sites for hydroxylation is 1. The molecule has 0 nitrogen and oxygen atoms in total. The molecule has 0 N–H and O–H groups in total. The highest BCUT2D eigenvalue weighted by Crippen LogP contribution is 2.72. The predicted molar refractivity (Wildman–Crippen MR) is 255 cm³/mol. The smallest absolute Gasteiger partial charge is 0.0247 e. The summed E-state index contributed by atoms with van der Waals surface area (Å²) in [5.74, 6) is 1.21. The number of benzene rings is 8. The second-order valence-corrected chi connectivity index (χ2v) is 21.0. The van der Waals surface area contributed by atoms with Crippen molar-refractivity contribution in [2.75, 3.05) is 5.75 Å². The first-order valence-corrected chi connectivity index (χ1v) is 24.7. The number of unbranched alkanes of at least 4 members (excludes halogenated alkanes) is 4. The zero-order valence-electron chi connectivity index (χ0n) is 32.8. The Balaban J connectivity index is 1.32. The van der Waals surface area contributed by atoms with Gasteiger partial charge in [-0.2, -0.15) is 0 Å². The van der Waals surface area contributed by atoms with Gasteiger partial charge in [-0.3, -0.25) is 0 Å². The Morgan fingerprint density at radius 3 is 1.71 bits per heavy atom. The summed E-state index contributed by atoms with van der Waals surface area (Å²) in [4.78, 5) is 0. The molecule has 0 radical (unpaired) electrons. The van der Waals surface area contributed by atoms with E-state index in [0.717, 1.165) is 12.6 Å². The van der Waals surface area contributed by atoms with Crippen molar-refractivity contribution in [1.29, 1.82) is 0 Å². The Morgan fingerprint density at radius 2 is 1.07 bits per heavy atom. The average molecular weight is 783 g/mol. The lowest BCUT2D eigenvalue weighted by Crippen LogP contribution is -2.08. The second-order valence-electron chi connectivity index (χ2n) is 15.7. The second kappa shape index (κ2) is 16.9. The van der Waals surface area contributed by atoms with Gasteiger partial charge < -0.3 is 0 Å². The monoisotopic (exact) mass is 782 g/mol. The third-order valence-corrected chi connectivity index (χ3v) is 18.5. The number of fused-ring (bicyclic) bond motifs is 9. The van der Waals surface area contributed by atoms with Gasteiger partial charge in [-0.1, -0.05) is 185 Å². The molecule has 1 aliphatic heterocycles. The van der Waals surface area contributed by atoms with Crippen molar-refractivity contribution in [3.8, 4) is 22.3 Å². The van der Waals surface area contributed by atoms with Gasteiger partial charge in [0.2, 0.25) is 0 Å². The van der Waals surface area contributed by atoms with Crippen LogP contribution in [0.1, 0.15) is 85.9 Å². The van der Waals surface area contributed by atoms with Crippen molar-refractivity contribution in [1.82, 2.24) is 0 Å². The van der Waals surface area contributed by atoms with Crippen molar-refractivity contribution in [3.63, 3.8) is 0 Å².